The Morgan fingerprint density at radius 3 is 2.79 bits per heavy atom. The summed E-state index contributed by atoms with van der Waals surface area (Å²) in [4.78, 5) is 13.5. The molecule has 19 heavy (non-hydrogen) atoms. The lowest BCUT2D eigenvalue weighted by atomic mass is 10.1. The topological polar surface area (TPSA) is 41.6 Å². The first-order valence-corrected chi connectivity index (χ1v) is 6.37. The van der Waals surface area contributed by atoms with E-state index in [0.29, 0.717) is 11.3 Å². The molecular formula is C14H19FN2O2. The van der Waals surface area contributed by atoms with Gasteiger partial charge in [0.1, 0.15) is 11.6 Å². The Hall–Kier alpha value is -1.62. The summed E-state index contributed by atoms with van der Waals surface area (Å²) in [6, 6.07) is 4.33. The van der Waals surface area contributed by atoms with Crippen molar-refractivity contribution < 1.29 is 13.9 Å². The number of likely N-dealkylation sites (N-methyl/N-ethyl adjacent to an activating group) is 1. The van der Waals surface area contributed by atoms with Crippen LogP contribution in [0.5, 0.6) is 5.75 Å². The van der Waals surface area contributed by atoms with Gasteiger partial charge in [-0.25, -0.2) is 4.39 Å². The summed E-state index contributed by atoms with van der Waals surface area (Å²) in [6.45, 7) is 2.60. The van der Waals surface area contributed by atoms with Crippen LogP contribution in [-0.4, -0.2) is 37.6 Å². The SMILES string of the molecule is COc1ccc(C(C)NC2CCN(C)C2=O)c(F)c1. The number of hydrogen-bond donors (Lipinski definition) is 1. The summed E-state index contributed by atoms with van der Waals surface area (Å²) in [6.07, 6.45) is 0.761. The third-order valence-electron chi connectivity index (χ3n) is 3.55. The van der Waals surface area contributed by atoms with Crippen LogP contribution in [0.3, 0.4) is 0 Å². The molecule has 0 spiro atoms. The third-order valence-corrected chi connectivity index (χ3v) is 3.55. The number of ether oxygens (including phenoxy) is 1. The van der Waals surface area contributed by atoms with Crippen LogP contribution in [0.1, 0.15) is 24.9 Å². The van der Waals surface area contributed by atoms with Gasteiger partial charge in [-0.3, -0.25) is 10.1 Å². The molecule has 1 heterocycles. The number of nitrogens with zero attached hydrogens (tertiary/aromatic N) is 1. The Kier molecular flexibility index (Phi) is 4.04. The van der Waals surface area contributed by atoms with Gasteiger partial charge in [0, 0.05) is 31.3 Å². The predicted octanol–water partition coefficient (Wildman–Crippen LogP) is 1.72. The molecule has 2 atom stereocenters. The highest BCUT2D eigenvalue weighted by molar-refractivity contribution is 5.83. The first-order chi connectivity index (χ1) is 9.02. The highest BCUT2D eigenvalue weighted by Gasteiger charge is 2.30. The second kappa shape index (κ2) is 5.57. The molecular weight excluding hydrogens is 247 g/mol. The van der Waals surface area contributed by atoms with E-state index in [0.717, 1.165) is 13.0 Å². The van der Waals surface area contributed by atoms with E-state index < -0.39 is 0 Å². The number of hydrogen-bond acceptors (Lipinski definition) is 3. The van der Waals surface area contributed by atoms with Crippen molar-refractivity contribution >= 4 is 5.91 Å². The molecule has 104 valence electrons. The molecule has 1 aliphatic heterocycles. The number of carbonyl (C=O) groups excluding carboxylic acids is 1. The minimum absolute atomic E-state index is 0.0702. The minimum Gasteiger partial charge on any atom is -0.497 e. The number of amides is 1. The molecule has 1 aliphatic rings. The fraction of sp³-hybridized carbons (Fsp3) is 0.500. The summed E-state index contributed by atoms with van der Waals surface area (Å²) >= 11 is 0. The van der Waals surface area contributed by atoms with Crippen molar-refractivity contribution in [2.45, 2.75) is 25.4 Å². The molecule has 1 fully saturated rings. The van der Waals surface area contributed by atoms with Gasteiger partial charge in [0.25, 0.3) is 0 Å². The maximum absolute atomic E-state index is 13.9. The van der Waals surface area contributed by atoms with Crippen molar-refractivity contribution in [2.24, 2.45) is 0 Å². The van der Waals surface area contributed by atoms with Gasteiger partial charge in [-0.05, 0) is 19.4 Å². The zero-order chi connectivity index (χ0) is 14.0. The molecule has 0 aromatic heterocycles. The number of rotatable bonds is 4. The molecule has 2 unspecified atom stereocenters. The van der Waals surface area contributed by atoms with Crippen LogP contribution in [0.15, 0.2) is 18.2 Å². The van der Waals surface area contributed by atoms with Crippen LogP contribution < -0.4 is 10.1 Å². The minimum atomic E-state index is -0.321. The van der Waals surface area contributed by atoms with Crippen LogP contribution in [0.25, 0.3) is 0 Å². The molecule has 2 rings (SSSR count). The van der Waals surface area contributed by atoms with E-state index >= 15 is 0 Å². The smallest absolute Gasteiger partial charge is 0.239 e. The van der Waals surface area contributed by atoms with E-state index in [9.17, 15) is 9.18 Å². The Labute approximate surface area is 112 Å². The molecule has 0 saturated carbocycles. The average Bonchev–Trinajstić information content (AvgIpc) is 2.70. The monoisotopic (exact) mass is 266 g/mol. The van der Waals surface area contributed by atoms with E-state index in [2.05, 4.69) is 5.32 Å². The summed E-state index contributed by atoms with van der Waals surface area (Å²) in [5, 5.41) is 3.18. The van der Waals surface area contributed by atoms with Crippen LogP contribution in [0.4, 0.5) is 4.39 Å². The van der Waals surface area contributed by atoms with Gasteiger partial charge < -0.3 is 9.64 Å². The predicted molar refractivity (Wildman–Crippen MR) is 70.5 cm³/mol. The zero-order valence-electron chi connectivity index (χ0n) is 11.4. The Balaban J connectivity index is 2.08. The molecule has 0 bridgehead atoms. The van der Waals surface area contributed by atoms with E-state index in [1.807, 2.05) is 6.92 Å². The van der Waals surface area contributed by atoms with Crippen molar-refractivity contribution in [3.05, 3.63) is 29.6 Å². The Morgan fingerprint density at radius 2 is 2.26 bits per heavy atom. The standard InChI is InChI=1S/C14H19FN2O2/c1-9(16-13-6-7-17(2)14(13)18)11-5-4-10(19-3)8-12(11)15/h4-5,8-9,13,16H,6-7H2,1-3H3. The van der Waals surface area contributed by atoms with Gasteiger partial charge in [0.2, 0.25) is 5.91 Å². The lowest BCUT2D eigenvalue weighted by Gasteiger charge is -2.19. The fourth-order valence-corrected chi connectivity index (χ4v) is 2.35. The van der Waals surface area contributed by atoms with Crippen LogP contribution in [0.2, 0.25) is 0 Å². The van der Waals surface area contributed by atoms with Gasteiger partial charge >= 0.3 is 0 Å². The molecule has 0 radical (unpaired) electrons. The van der Waals surface area contributed by atoms with Gasteiger partial charge in [0.05, 0.1) is 13.2 Å². The van der Waals surface area contributed by atoms with Crippen molar-refractivity contribution in [2.75, 3.05) is 20.7 Å². The van der Waals surface area contributed by atoms with E-state index in [-0.39, 0.29) is 23.8 Å². The van der Waals surface area contributed by atoms with E-state index in [1.165, 1.54) is 13.2 Å². The maximum Gasteiger partial charge on any atom is 0.239 e. The molecule has 1 aromatic rings. The second-order valence-electron chi connectivity index (χ2n) is 4.88. The van der Waals surface area contributed by atoms with Crippen molar-refractivity contribution in [1.82, 2.24) is 10.2 Å². The lowest BCUT2D eigenvalue weighted by molar-refractivity contribution is -0.128. The van der Waals surface area contributed by atoms with Crippen molar-refractivity contribution in [3.8, 4) is 5.75 Å². The Morgan fingerprint density at radius 1 is 1.53 bits per heavy atom. The summed E-state index contributed by atoms with van der Waals surface area (Å²) in [7, 11) is 3.28. The molecule has 1 saturated heterocycles. The number of carbonyl (C=O) groups is 1. The second-order valence-corrected chi connectivity index (χ2v) is 4.88. The fourth-order valence-electron chi connectivity index (χ4n) is 2.35. The molecule has 0 aliphatic carbocycles. The molecule has 1 N–H and O–H groups in total. The van der Waals surface area contributed by atoms with Crippen LogP contribution >= 0.6 is 0 Å². The van der Waals surface area contributed by atoms with Crippen molar-refractivity contribution in [3.63, 3.8) is 0 Å². The van der Waals surface area contributed by atoms with E-state index in [4.69, 9.17) is 4.74 Å². The van der Waals surface area contributed by atoms with Crippen LogP contribution in [-0.2, 0) is 4.79 Å². The molecule has 1 aromatic carbocycles. The quantitative estimate of drug-likeness (QED) is 0.902. The molecule has 1 amide bonds. The summed E-state index contributed by atoms with van der Waals surface area (Å²) < 4.78 is 18.9. The summed E-state index contributed by atoms with van der Waals surface area (Å²) in [5.41, 5.74) is 0.545. The molecule has 4 nitrogen and oxygen atoms in total. The van der Waals surface area contributed by atoms with Crippen LogP contribution in [0, 0.1) is 5.82 Å². The zero-order valence-corrected chi connectivity index (χ0v) is 11.4. The largest absolute Gasteiger partial charge is 0.497 e. The van der Waals surface area contributed by atoms with Crippen molar-refractivity contribution in [1.29, 1.82) is 0 Å². The number of halogens is 1. The number of methoxy groups -OCH3 is 1. The number of likely N-dealkylation sites (tertiary alicyclic amines) is 1. The Bertz CT molecular complexity index is 479. The first kappa shape index (κ1) is 13.8. The average molecular weight is 266 g/mol. The van der Waals surface area contributed by atoms with Gasteiger partial charge in [0.15, 0.2) is 0 Å². The number of benzene rings is 1. The number of nitrogens with one attached hydrogen (secondary N) is 1. The van der Waals surface area contributed by atoms with Gasteiger partial charge in [-0.2, -0.15) is 0 Å². The lowest BCUT2D eigenvalue weighted by Crippen LogP contribution is -2.38. The highest BCUT2D eigenvalue weighted by atomic mass is 19.1. The first-order valence-electron chi connectivity index (χ1n) is 6.37. The maximum atomic E-state index is 13.9. The summed E-state index contributed by atoms with van der Waals surface area (Å²) in [5.74, 6) is 0.240. The third kappa shape index (κ3) is 2.87. The van der Waals surface area contributed by atoms with Gasteiger partial charge in [-0.1, -0.05) is 6.07 Å². The normalized spacial score (nSPS) is 20.7. The van der Waals surface area contributed by atoms with Gasteiger partial charge in [-0.15, -0.1) is 0 Å². The molecule has 5 heteroatoms. The highest BCUT2D eigenvalue weighted by Crippen LogP contribution is 2.23. The van der Waals surface area contributed by atoms with E-state index in [1.54, 1.807) is 24.1 Å².